The molecule has 0 spiro atoms. The second-order valence-electron chi connectivity index (χ2n) is 6.82. The van der Waals surface area contributed by atoms with E-state index in [0.29, 0.717) is 24.3 Å². The van der Waals surface area contributed by atoms with E-state index in [0.717, 1.165) is 16.7 Å². The summed E-state index contributed by atoms with van der Waals surface area (Å²) in [6.45, 7) is 2.41. The summed E-state index contributed by atoms with van der Waals surface area (Å²) in [5.74, 6) is -0.771. The van der Waals surface area contributed by atoms with Gasteiger partial charge in [0.1, 0.15) is 5.69 Å². The number of aromatic nitrogens is 1. The summed E-state index contributed by atoms with van der Waals surface area (Å²) in [5, 5.41) is 4.05. The van der Waals surface area contributed by atoms with Crippen LogP contribution in [0.4, 0.5) is 5.69 Å². The van der Waals surface area contributed by atoms with Crippen LogP contribution in [-0.2, 0) is 9.53 Å². The van der Waals surface area contributed by atoms with Gasteiger partial charge >= 0.3 is 5.97 Å². The predicted octanol–water partition coefficient (Wildman–Crippen LogP) is 3.96. The highest BCUT2D eigenvalue weighted by atomic mass is 16.5. The predicted molar refractivity (Wildman–Crippen MR) is 104 cm³/mol. The molecule has 2 heterocycles. The number of aryl methyl sites for hydroxylation is 1. The molecule has 3 aromatic rings. The first-order valence-corrected chi connectivity index (χ1v) is 9.11. The Hall–Kier alpha value is -3.41. The molecule has 4 rings (SSSR count). The molecule has 0 fully saturated rings. The molecule has 28 heavy (non-hydrogen) atoms. The van der Waals surface area contributed by atoms with Gasteiger partial charge in [0.2, 0.25) is 5.76 Å². The van der Waals surface area contributed by atoms with Gasteiger partial charge in [-0.1, -0.05) is 53.2 Å². The number of para-hydroxylation sites is 1. The van der Waals surface area contributed by atoms with Crippen LogP contribution in [0.25, 0.3) is 11.3 Å². The van der Waals surface area contributed by atoms with Crippen molar-refractivity contribution in [1.82, 2.24) is 5.16 Å². The molecule has 6 heteroatoms. The Bertz CT molecular complexity index is 1020. The molecule has 0 N–H and O–H groups in total. The molecule has 0 aliphatic carbocycles. The maximum Gasteiger partial charge on any atom is 0.313 e. The summed E-state index contributed by atoms with van der Waals surface area (Å²) in [5.41, 5.74) is 4.13. The zero-order valence-electron chi connectivity index (χ0n) is 15.7. The fourth-order valence-corrected chi connectivity index (χ4v) is 3.53. The summed E-state index contributed by atoms with van der Waals surface area (Å²) in [6.07, 6.45) is 0.494. The van der Waals surface area contributed by atoms with Crippen LogP contribution < -0.4 is 4.90 Å². The average Bonchev–Trinajstić information content (AvgIpc) is 3.22. The lowest BCUT2D eigenvalue weighted by molar-refractivity contribution is -0.142. The molecule has 1 aromatic heterocycles. The minimum atomic E-state index is -0.372. The van der Waals surface area contributed by atoms with Crippen molar-refractivity contribution >= 4 is 17.6 Å². The molecular formula is C22H20N2O4. The summed E-state index contributed by atoms with van der Waals surface area (Å²) in [7, 11) is 1.38. The van der Waals surface area contributed by atoms with Crippen LogP contribution in [0.15, 0.2) is 59.1 Å². The van der Waals surface area contributed by atoms with Crippen molar-refractivity contribution in [2.75, 3.05) is 18.6 Å². The highest BCUT2D eigenvalue weighted by Gasteiger charge is 2.34. The molecule has 142 valence electrons. The summed E-state index contributed by atoms with van der Waals surface area (Å²) in [6, 6.07) is 16.9. The molecule has 0 saturated carbocycles. The van der Waals surface area contributed by atoms with Crippen molar-refractivity contribution in [3.05, 3.63) is 71.5 Å². The first kappa shape index (κ1) is 18.0. The van der Waals surface area contributed by atoms with E-state index in [4.69, 9.17) is 9.26 Å². The first-order chi connectivity index (χ1) is 13.6. The quantitative estimate of drug-likeness (QED) is 0.647. The second-order valence-corrected chi connectivity index (χ2v) is 6.82. The number of esters is 1. The second kappa shape index (κ2) is 7.31. The van der Waals surface area contributed by atoms with E-state index >= 15 is 0 Å². The standard InChI is InChI=1S/C22H20N2O4/c1-14-7-9-15(10-8-14)18-13-20(28-23-18)21(25)24-12-11-17(22(26)27-2)16-5-3-4-6-19(16)24/h3-10,13,17H,11-12H2,1-2H3. The van der Waals surface area contributed by atoms with Crippen LogP contribution in [0.3, 0.4) is 0 Å². The lowest BCUT2D eigenvalue weighted by Gasteiger charge is -2.32. The number of methoxy groups -OCH3 is 1. The van der Waals surface area contributed by atoms with Gasteiger partial charge in [-0.05, 0) is 25.0 Å². The number of hydrogen-bond donors (Lipinski definition) is 0. The smallest absolute Gasteiger partial charge is 0.313 e. The molecule has 1 amide bonds. The minimum Gasteiger partial charge on any atom is -0.469 e. The number of fused-ring (bicyclic) bond motifs is 1. The van der Waals surface area contributed by atoms with E-state index in [-0.39, 0.29) is 23.6 Å². The van der Waals surface area contributed by atoms with Crippen molar-refractivity contribution < 1.29 is 18.8 Å². The van der Waals surface area contributed by atoms with Crippen molar-refractivity contribution in [3.63, 3.8) is 0 Å². The molecule has 0 bridgehead atoms. The number of hydrogen-bond acceptors (Lipinski definition) is 5. The van der Waals surface area contributed by atoms with E-state index in [1.807, 2.05) is 55.5 Å². The van der Waals surface area contributed by atoms with Gasteiger partial charge in [0.05, 0.1) is 13.0 Å². The maximum absolute atomic E-state index is 13.1. The molecular weight excluding hydrogens is 356 g/mol. The first-order valence-electron chi connectivity index (χ1n) is 9.11. The minimum absolute atomic E-state index is 0.168. The summed E-state index contributed by atoms with van der Waals surface area (Å²) in [4.78, 5) is 26.8. The molecule has 0 radical (unpaired) electrons. The molecule has 1 unspecified atom stereocenters. The van der Waals surface area contributed by atoms with Gasteiger partial charge in [0, 0.05) is 23.9 Å². The Labute approximate surface area is 162 Å². The van der Waals surface area contributed by atoms with Crippen LogP contribution in [0.2, 0.25) is 0 Å². The average molecular weight is 376 g/mol. The number of carbonyl (C=O) groups excluding carboxylic acids is 2. The third-order valence-corrected chi connectivity index (χ3v) is 5.04. The van der Waals surface area contributed by atoms with E-state index in [1.54, 1.807) is 11.0 Å². The number of amides is 1. The summed E-state index contributed by atoms with van der Waals surface area (Å²) >= 11 is 0. The van der Waals surface area contributed by atoms with Crippen molar-refractivity contribution in [1.29, 1.82) is 0 Å². The topological polar surface area (TPSA) is 72.6 Å². The zero-order valence-corrected chi connectivity index (χ0v) is 15.7. The van der Waals surface area contributed by atoms with Crippen molar-refractivity contribution in [3.8, 4) is 11.3 Å². The van der Waals surface area contributed by atoms with Gasteiger partial charge in [-0.3, -0.25) is 9.59 Å². The van der Waals surface area contributed by atoms with Gasteiger partial charge in [0.25, 0.3) is 5.91 Å². The van der Waals surface area contributed by atoms with Gasteiger partial charge in [-0.2, -0.15) is 0 Å². The Morgan fingerprint density at radius 2 is 1.89 bits per heavy atom. The molecule has 2 aromatic carbocycles. The Morgan fingerprint density at radius 3 is 2.64 bits per heavy atom. The van der Waals surface area contributed by atoms with Crippen LogP contribution in [-0.4, -0.2) is 30.7 Å². The fraction of sp³-hybridized carbons (Fsp3) is 0.227. The lowest BCUT2D eigenvalue weighted by atomic mass is 9.90. The van der Waals surface area contributed by atoms with Gasteiger partial charge in [-0.15, -0.1) is 0 Å². The molecule has 1 aliphatic heterocycles. The van der Waals surface area contributed by atoms with Crippen LogP contribution in [0, 0.1) is 6.92 Å². The largest absolute Gasteiger partial charge is 0.469 e. The Balaban J connectivity index is 1.63. The normalized spacial score (nSPS) is 15.8. The van der Waals surface area contributed by atoms with E-state index in [9.17, 15) is 9.59 Å². The van der Waals surface area contributed by atoms with Gasteiger partial charge < -0.3 is 14.2 Å². The number of benzene rings is 2. The third kappa shape index (κ3) is 3.17. The van der Waals surface area contributed by atoms with Crippen molar-refractivity contribution in [2.45, 2.75) is 19.3 Å². The zero-order chi connectivity index (χ0) is 19.7. The lowest BCUT2D eigenvalue weighted by Crippen LogP contribution is -2.38. The molecule has 6 nitrogen and oxygen atoms in total. The van der Waals surface area contributed by atoms with Crippen LogP contribution in [0.1, 0.15) is 34.0 Å². The highest BCUT2D eigenvalue weighted by Crippen LogP contribution is 2.36. The van der Waals surface area contributed by atoms with Gasteiger partial charge in [0.15, 0.2) is 0 Å². The van der Waals surface area contributed by atoms with Crippen molar-refractivity contribution in [2.24, 2.45) is 0 Å². The fourth-order valence-electron chi connectivity index (χ4n) is 3.53. The monoisotopic (exact) mass is 376 g/mol. The molecule has 1 atom stereocenters. The molecule has 0 saturated heterocycles. The molecule has 1 aliphatic rings. The number of nitrogens with zero attached hydrogens (tertiary/aromatic N) is 2. The highest BCUT2D eigenvalue weighted by molar-refractivity contribution is 6.06. The third-order valence-electron chi connectivity index (χ3n) is 5.04. The summed E-state index contributed by atoms with van der Waals surface area (Å²) < 4.78 is 10.3. The number of rotatable bonds is 3. The van der Waals surface area contributed by atoms with E-state index in [2.05, 4.69) is 5.16 Å². The van der Waals surface area contributed by atoms with Gasteiger partial charge in [-0.25, -0.2) is 0 Å². The maximum atomic E-state index is 13.1. The Kier molecular flexibility index (Phi) is 4.69. The number of carbonyl (C=O) groups is 2. The number of anilines is 1. The SMILES string of the molecule is COC(=O)C1CCN(C(=O)c2cc(-c3ccc(C)cc3)no2)c2ccccc21. The Morgan fingerprint density at radius 1 is 1.14 bits per heavy atom. The van der Waals surface area contributed by atoms with E-state index < -0.39 is 0 Å². The van der Waals surface area contributed by atoms with E-state index in [1.165, 1.54) is 7.11 Å². The van der Waals surface area contributed by atoms with Crippen LogP contribution in [0.5, 0.6) is 0 Å². The number of ether oxygens (including phenoxy) is 1. The van der Waals surface area contributed by atoms with Crippen LogP contribution >= 0.6 is 0 Å².